The second-order valence-electron chi connectivity index (χ2n) is 6.53. The number of hydrogen-bond donors (Lipinski definition) is 2. The molecule has 0 fully saturated rings. The van der Waals surface area contributed by atoms with E-state index < -0.39 is 0 Å². The van der Waals surface area contributed by atoms with Crippen molar-refractivity contribution in [3.63, 3.8) is 0 Å². The van der Waals surface area contributed by atoms with E-state index in [2.05, 4.69) is 4.98 Å². The van der Waals surface area contributed by atoms with Gasteiger partial charge in [0.1, 0.15) is 12.0 Å². The molecule has 2 aromatic carbocycles. The maximum absolute atomic E-state index is 12.5. The van der Waals surface area contributed by atoms with Crippen molar-refractivity contribution in [3.8, 4) is 5.75 Å². The first-order chi connectivity index (χ1) is 13.1. The molecular formula is C21H18N2O3S. The van der Waals surface area contributed by atoms with Crippen molar-refractivity contribution in [2.45, 2.75) is 18.4 Å². The van der Waals surface area contributed by atoms with Crippen LogP contribution in [0.2, 0.25) is 0 Å². The Morgan fingerprint density at radius 1 is 1.22 bits per heavy atom. The van der Waals surface area contributed by atoms with Gasteiger partial charge >= 0.3 is 0 Å². The van der Waals surface area contributed by atoms with Crippen LogP contribution in [0.4, 0.5) is 0 Å². The summed E-state index contributed by atoms with van der Waals surface area (Å²) in [5.74, 6) is 0.569. The summed E-state index contributed by atoms with van der Waals surface area (Å²) >= 11 is 1.60. The number of phenols is 1. The molecule has 2 unspecified atom stereocenters. The number of carbonyl (C=O) groups is 1. The smallest absolute Gasteiger partial charge is 0.253 e. The molecule has 0 amide bonds. The van der Waals surface area contributed by atoms with E-state index in [0.717, 1.165) is 22.3 Å². The molecular weight excluding hydrogens is 360 g/mol. The predicted octanol–water partition coefficient (Wildman–Crippen LogP) is 3.79. The fraction of sp³-hybridized carbons (Fsp3) is 0.190. The fourth-order valence-electron chi connectivity index (χ4n) is 3.28. The molecule has 0 spiro atoms. The van der Waals surface area contributed by atoms with E-state index in [1.807, 2.05) is 36.4 Å². The quantitative estimate of drug-likeness (QED) is 0.662. The minimum absolute atomic E-state index is 0.114. The number of aldehydes is 1. The fourth-order valence-corrected chi connectivity index (χ4v) is 4.38. The SMILES string of the molecule is O=CC(CC1=NC(c2cc3ccc(O)cc3[nH]c2=O)CS1)c1ccccc1. The van der Waals surface area contributed by atoms with Crippen LogP contribution in [0.1, 0.15) is 29.5 Å². The summed E-state index contributed by atoms with van der Waals surface area (Å²) in [7, 11) is 0. The Morgan fingerprint density at radius 3 is 2.81 bits per heavy atom. The van der Waals surface area contributed by atoms with Crippen LogP contribution in [0.3, 0.4) is 0 Å². The zero-order chi connectivity index (χ0) is 18.8. The zero-order valence-corrected chi connectivity index (χ0v) is 15.3. The molecule has 0 aliphatic carbocycles. The van der Waals surface area contributed by atoms with Crippen molar-refractivity contribution in [2.24, 2.45) is 4.99 Å². The average Bonchev–Trinajstić information content (AvgIpc) is 3.14. The van der Waals surface area contributed by atoms with E-state index in [-0.39, 0.29) is 23.3 Å². The lowest BCUT2D eigenvalue weighted by molar-refractivity contribution is -0.108. The summed E-state index contributed by atoms with van der Waals surface area (Å²) in [4.78, 5) is 31.5. The third-order valence-electron chi connectivity index (χ3n) is 4.71. The number of hydrogen-bond acceptors (Lipinski definition) is 5. The van der Waals surface area contributed by atoms with Gasteiger partial charge in [-0.3, -0.25) is 9.79 Å². The topological polar surface area (TPSA) is 82.5 Å². The minimum atomic E-state index is -0.228. The molecule has 0 saturated heterocycles. The number of nitrogens with zero attached hydrogens (tertiary/aromatic N) is 1. The van der Waals surface area contributed by atoms with Gasteiger partial charge in [-0.05, 0) is 29.1 Å². The van der Waals surface area contributed by atoms with Crippen molar-refractivity contribution in [1.29, 1.82) is 0 Å². The molecule has 0 saturated carbocycles. The highest BCUT2D eigenvalue weighted by Crippen LogP contribution is 2.33. The lowest BCUT2D eigenvalue weighted by Crippen LogP contribution is -2.15. The first-order valence-corrected chi connectivity index (χ1v) is 9.68. The molecule has 0 bridgehead atoms. The van der Waals surface area contributed by atoms with Gasteiger partial charge in [0.05, 0.1) is 16.6 Å². The highest BCUT2D eigenvalue weighted by atomic mass is 32.2. The number of benzene rings is 2. The number of pyridine rings is 1. The van der Waals surface area contributed by atoms with Gasteiger partial charge in [0.2, 0.25) is 0 Å². The van der Waals surface area contributed by atoms with Crippen LogP contribution in [0, 0.1) is 0 Å². The molecule has 4 rings (SSSR count). The van der Waals surface area contributed by atoms with Gasteiger partial charge in [0.15, 0.2) is 0 Å². The van der Waals surface area contributed by atoms with Crippen molar-refractivity contribution in [1.82, 2.24) is 4.98 Å². The van der Waals surface area contributed by atoms with Crippen molar-refractivity contribution < 1.29 is 9.90 Å². The zero-order valence-electron chi connectivity index (χ0n) is 14.5. The normalized spacial score (nSPS) is 17.6. The van der Waals surface area contributed by atoms with Crippen molar-refractivity contribution in [2.75, 3.05) is 5.75 Å². The Kier molecular flexibility index (Phi) is 4.81. The lowest BCUT2D eigenvalue weighted by Gasteiger charge is -2.09. The molecule has 1 aliphatic heterocycles. The van der Waals surface area contributed by atoms with Gasteiger partial charge in [-0.1, -0.05) is 30.3 Å². The van der Waals surface area contributed by atoms with E-state index in [1.165, 1.54) is 6.07 Å². The molecule has 6 heteroatoms. The van der Waals surface area contributed by atoms with Crippen LogP contribution in [0.15, 0.2) is 64.4 Å². The predicted molar refractivity (Wildman–Crippen MR) is 109 cm³/mol. The number of nitrogens with one attached hydrogen (secondary N) is 1. The number of fused-ring (bicyclic) bond motifs is 1. The number of phenolic OH excluding ortho intramolecular Hbond substituents is 1. The van der Waals surface area contributed by atoms with E-state index in [0.29, 0.717) is 23.3 Å². The molecule has 1 aromatic heterocycles. The van der Waals surface area contributed by atoms with Crippen LogP contribution in [-0.2, 0) is 4.79 Å². The van der Waals surface area contributed by atoms with Gasteiger partial charge in [0, 0.05) is 29.7 Å². The second-order valence-corrected chi connectivity index (χ2v) is 7.63. The maximum Gasteiger partial charge on any atom is 0.253 e. The van der Waals surface area contributed by atoms with Gasteiger partial charge in [0.25, 0.3) is 5.56 Å². The van der Waals surface area contributed by atoms with Crippen LogP contribution in [-0.4, -0.2) is 27.2 Å². The van der Waals surface area contributed by atoms with Crippen LogP contribution in [0.5, 0.6) is 5.75 Å². The number of aliphatic imine (C=N–C) groups is 1. The number of aromatic amines is 1. The molecule has 0 radical (unpaired) electrons. The van der Waals surface area contributed by atoms with Gasteiger partial charge < -0.3 is 14.9 Å². The summed E-state index contributed by atoms with van der Waals surface area (Å²) < 4.78 is 0. The Morgan fingerprint density at radius 2 is 2.04 bits per heavy atom. The Labute approximate surface area is 160 Å². The summed E-state index contributed by atoms with van der Waals surface area (Å²) in [5, 5.41) is 11.3. The van der Waals surface area contributed by atoms with Crippen LogP contribution < -0.4 is 5.56 Å². The Bertz CT molecular complexity index is 1080. The number of H-pyrrole nitrogens is 1. The molecule has 3 aromatic rings. The minimum Gasteiger partial charge on any atom is -0.508 e. The summed E-state index contributed by atoms with van der Waals surface area (Å²) in [6, 6.07) is 16.2. The van der Waals surface area contributed by atoms with E-state index in [9.17, 15) is 14.7 Å². The number of rotatable bonds is 5. The molecule has 27 heavy (non-hydrogen) atoms. The number of aromatic hydroxyl groups is 1. The molecule has 2 atom stereocenters. The van der Waals surface area contributed by atoms with E-state index in [4.69, 9.17) is 4.99 Å². The van der Waals surface area contributed by atoms with Crippen LogP contribution in [0.25, 0.3) is 10.9 Å². The third-order valence-corrected chi connectivity index (χ3v) is 5.80. The average molecular weight is 378 g/mol. The lowest BCUT2D eigenvalue weighted by atomic mass is 9.98. The first-order valence-electron chi connectivity index (χ1n) is 8.69. The van der Waals surface area contributed by atoms with Gasteiger partial charge in [-0.2, -0.15) is 0 Å². The number of thioether (sulfide) groups is 1. The van der Waals surface area contributed by atoms with Gasteiger partial charge in [-0.15, -0.1) is 11.8 Å². The number of aromatic nitrogens is 1. The third kappa shape index (κ3) is 3.66. The van der Waals surface area contributed by atoms with Crippen molar-refractivity contribution >= 4 is 34.0 Å². The monoisotopic (exact) mass is 378 g/mol. The molecule has 5 nitrogen and oxygen atoms in total. The Balaban J connectivity index is 1.59. The highest BCUT2D eigenvalue weighted by molar-refractivity contribution is 8.14. The molecule has 1 aliphatic rings. The Hall–Kier alpha value is -2.86. The summed E-state index contributed by atoms with van der Waals surface area (Å²) in [6.45, 7) is 0. The van der Waals surface area contributed by atoms with Gasteiger partial charge in [-0.25, -0.2) is 0 Å². The summed E-state index contributed by atoms with van der Waals surface area (Å²) in [5.41, 5.74) is 1.99. The van der Waals surface area contributed by atoms with Crippen LogP contribution >= 0.6 is 11.8 Å². The summed E-state index contributed by atoms with van der Waals surface area (Å²) in [6.07, 6.45) is 1.51. The first kappa shape index (κ1) is 17.5. The standard InChI is InChI=1S/C21H18N2O3S/c24-11-15(13-4-2-1-3-5-13)9-20-22-19(12-27-20)17-8-14-6-7-16(25)10-18(14)23-21(17)26/h1-8,10-11,15,19,25H,9,12H2,(H,23,26). The maximum atomic E-state index is 12.5. The molecule has 136 valence electrons. The molecule has 2 heterocycles. The second kappa shape index (κ2) is 7.40. The van der Waals surface area contributed by atoms with Crippen molar-refractivity contribution in [3.05, 3.63) is 76.1 Å². The van der Waals surface area contributed by atoms with E-state index in [1.54, 1.807) is 23.9 Å². The highest BCUT2D eigenvalue weighted by Gasteiger charge is 2.25. The van der Waals surface area contributed by atoms with E-state index >= 15 is 0 Å². The largest absolute Gasteiger partial charge is 0.508 e. The number of carbonyl (C=O) groups excluding carboxylic acids is 1. The molecule has 2 N–H and O–H groups in total.